The van der Waals surface area contributed by atoms with Crippen LogP contribution < -0.4 is 5.32 Å². The monoisotopic (exact) mass is 369 g/mol. The first kappa shape index (κ1) is 14.3. The number of aryl methyl sites for hydroxylation is 3. The fourth-order valence-corrected chi connectivity index (χ4v) is 2.97. The molecule has 100 valence electrons. The minimum Gasteiger partial charge on any atom is -0.380 e. The van der Waals surface area contributed by atoms with Gasteiger partial charge >= 0.3 is 0 Å². The summed E-state index contributed by atoms with van der Waals surface area (Å²) in [5.41, 5.74) is 6.16. The van der Waals surface area contributed by atoms with E-state index in [1.807, 2.05) is 0 Å². The van der Waals surface area contributed by atoms with Gasteiger partial charge in [-0.3, -0.25) is 0 Å². The van der Waals surface area contributed by atoms with Crippen LogP contribution in [0, 0.1) is 30.2 Å². The lowest BCUT2D eigenvalue weighted by atomic mass is 10.00. The van der Waals surface area contributed by atoms with E-state index in [0.717, 1.165) is 15.8 Å². The predicted molar refractivity (Wildman–Crippen MR) is 87.1 cm³/mol. The van der Waals surface area contributed by atoms with E-state index in [-0.39, 0.29) is 5.82 Å². The van der Waals surface area contributed by atoms with Crippen LogP contribution in [0.5, 0.6) is 0 Å². The van der Waals surface area contributed by atoms with Gasteiger partial charge in [0.2, 0.25) is 0 Å². The summed E-state index contributed by atoms with van der Waals surface area (Å²) >= 11 is 2.15. The lowest BCUT2D eigenvalue weighted by Crippen LogP contribution is -2.05. The zero-order valence-electron chi connectivity index (χ0n) is 11.3. The van der Waals surface area contributed by atoms with Crippen molar-refractivity contribution < 1.29 is 4.39 Å². The molecule has 0 heterocycles. The lowest BCUT2D eigenvalue weighted by molar-refractivity contribution is 0.627. The molecule has 19 heavy (non-hydrogen) atoms. The van der Waals surface area contributed by atoms with Crippen LogP contribution in [-0.2, 0) is 6.54 Å². The Hall–Kier alpha value is -1.10. The first-order valence-electron chi connectivity index (χ1n) is 6.23. The largest absolute Gasteiger partial charge is 0.380 e. The van der Waals surface area contributed by atoms with Crippen LogP contribution in [0.3, 0.4) is 0 Å². The number of hydrogen-bond acceptors (Lipinski definition) is 1. The van der Waals surface area contributed by atoms with Crippen molar-refractivity contribution in [2.24, 2.45) is 0 Å². The summed E-state index contributed by atoms with van der Waals surface area (Å²) in [6.07, 6.45) is 0. The van der Waals surface area contributed by atoms with Crippen molar-refractivity contribution in [3.05, 3.63) is 62.0 Å². The maximum Gasteiger partial charge on any atom is 0.124 e. The molecular formula is C16H17FIN. The van der Waals surface area contributed by atoms with Gasteiger partial charge in [-0.1, -0.05) is 17.7 Å². The third kappa shape index (κ3) is 3.47. The van der Waals surface area contributed by atoms with Gasteiger partial charge in [-0.15, -0.1) is 0 Å². The Morgan fingerprint density at radius 1 is 1.05 bits per heavy atom. The standard InChI is InChI=1S/C16H17FIN/c1-10-6-11(2)14(12(3)7-10)9-19-16-5-4-13(17)8-15(16)18/h4-8,19H,9H2,1-3H3. The number of anilines is 1. The number of hydrogen-bond donors (Lipinski definition) is 1. The van der Waals surface area contributed by atoms with Crippen LogP contribution >= 0.6 is 22.6 Å². The SMILES string of the molecule is Cc1cc(C)c(CNc2ccc(F)cc2I)c(C)c1. The zero-order valence-corrected chi connectivity index (χ0v) is 13.5. The maximum absolute atomic E-state index is 13.1. The molecule has 0 aliphatic heterocycles. The Kier molecular flexibility index (Phi) is 4.45. The topological polar surface area (TPSA) is 12.0 Å². The molecule has 2 aromatic rings. The molecule has 0 amide bonds. The van der Waals surface area contributed by atoms with Gasteiger partial charge < -0.3 is 5.32 Å². The fraction of sp³-hybridized carbons (Fsp3) is 0.250. The van der Waals surface area contributed by atoms with Gasteiger partial charge in [-0.2, -0.15) is 0 Å². The Labute approximate surface area is 127 Å². The molecule has 0 unspecified atom stereocenters. The minimum atomic E-state index is -0.197. The molecule has 0 aromatic heterocycles. The number of rotatable bonds is 3. The average Bonchev–Trinajstić information content (AvgIpc) is 2.30. The van der Waals surface area contributed by atoms with Gasteiger partial charge in [0.15, 0.2) is 0 Å². The molecule has 2 rings (SSSR count). The summed E-state index contributed by atoms with van der Waals surface area (Å²) in [6.45, 7) is 7.14. The summed E-state index contributed by atoms with van der Waals surface area (Å²) in [6, 6.07) is 9.20. The van der Waals surface area contributed by atoms with Crippen molar-refractivity contribution in [3.8, 4) is 0 Å². The molecule has 3 heteroatoms. The van der Waals surface area contributed by atoms with Crippen LogP contribution in [0.2, 0.25) is 0 Å². The average molecular weight is 369 g/mol. The van der Waals surface area contributed by atoms with Crippen molar-refractivity contribution in [2.45, 2.75) is 27.3 Å². The molecular weight excluding hydrogens is 352 g/mol. The molecule has 0 saturated carbocycles. The number of halogens is 2. The summed E-state index contributed by atoms with van der Waals surface area (Å²) in [5.74, 6) is -0.197. The Bertz CT molecular complexity index is 585. The first-order valence-corrected chi connectivity index (χ1v) is 7.31. The van der Waals surface area contributed by atoms with Crippen LogP contribution in [0.15, 0.2) is 30.3 Å². The third-order valence-corrected chi connectivity index (χ3v) is 4.12. The smallest absolute Gasteiger partial charge is 0.124 e. The lowest BCUT2D eigenvalue weighted by Gasteiger charge is -2.14. The van der Waals surface area contributed by atoms with Gasteiger partial charge in [-0.05, 0) is 78.3 Å². The number of benzene rings is 2. The summed E-state index contributed by atoms with van der Waals surface area (Å²) in [4.78, 5) is 0. The minimum absolute atomic E-state index is 0.197. The molecule has 0 atom stereocenters. The Morgan fingerprint density at radius 2 is 1.68 bits per heavy atom. The Morgan fingerprint density at radius 3 is 2.26 bits per heavy atom. The molecule has 0 saturated heterocycles. The molecule has 0 aliphatic rings. The second kappa shape index (κ2) is 5.90. The second-order valence-corrected chi connectivity index (χ2v) is 6.02. The van der Waals surface area contributed by atoms with Gasteiger partial charge in [0.25, 0.3) is 0 Å². The van der Waals surface area contributed by atoms with Crippen LogP contribution in [0.25, 0.3) is 0 Å². The van der Waals surface area contributed by atoms with E-state index in [1.165, 1.54) is 34.4 Å². The second-order valence-electron chi connectivity index (χ2n) is 4.85. The van der Waals surface area contributed by atoms with Crippen molar-refractivity contribution in [2.75, 3.05) is 5.32 Å². The molecule has 0 fully saturated rings. The van der Waals surface area contributed by atoms with E-state index in [2.05, 4.69) is 60.8 Å². The van der Waals surface area contributed by atoms with Crippen molar-refractivity contribution in [1.29, 1.82) is 0 Å². The highest BCUT2D eigenvalue weighted by Gasteiger charge is 2.05. The molecule has 1 N–H and O–H groups in total. The maximum atomic E-state index is 13.1. The molecule has 1 nitrogen and oxygen atoms in total. The van der Waals surface area contributed by atoms with Gasteiger partial charge in [0, 0.05) is 15.8 Å². The van der Waals surface area contributed by atoms with E-state index < -0.39 is 0 Å². The quantitative estimate of drug-likeness (QED) is 0.754. The zero-order chi connectivity index (χ0) is 14.0. The van der Waals surface area contributed by atoms with Gasteiger partial charge in [-0.25, -0.2) is 4.39 Å². The fourth-order valence-electron chi connectivity index (χ4n) is 2.31. The van der Waals surface area contributed by atoms with Crippen molar-refractivity contribution in [1.82, 2.24) is 0 Å². The van der Waals surface area contributed by atoms with Crippen LogP contribution in [0.1, 0.15) is 22.3 Å². The third-order valence-electron chi connectivity index (χ3n) is 3.23. The van der Waals surface area contributed by atoms with Crippen LogP contribution in [-0.4, -0.2) is 0 Å². The van der Waals surface area contributed by atoms with E-state index >= 15 is 0 Å². The number of nitrogens with one attached hydrogen (secondary N) is 1. The van der Waals surface area contributed by atoms with E-state index in [1.54, 1.807) is 6.07 Å². The van der Waals surface area contributed by atoms with Gasteiger partial charge in [0.05, 0.1) is 0 Å². The molecule has 0 bridgehead atoms. The van der Waals surface area contributed by atoms with Gasteiger partial charge in [0.1, 0.15) is 5.82 Å². The molecule has 0 spiro atoms. The van der Waals surface area contributed by atoms with E-state index in [4.69, 9.17) is 0 Å². The van der Waals surface area contributed by atoms with Crippen LogP contribution in [0.4, 0.5) is 10.1 Å². The first-order chi connectivity index (χ1) is 8.97. The highest BCUT2D eigenvalue weighted by Crippen LogP contribution is 2.22. The Balaban J connectivity index is 2.19. The molecule has 0 aliphatic carbocycles. The highest BCUT2D eigenvalue weighted by molar-refractivity contribution is 14.1. The van der Waals surface area contributed by atoms with E-state index in [0.29, 0.717) is 0 Å². The highest BCUT2D eigenvalue weighted by atomic mass is 127. The van der Waals surface area contributed by atoms with Crippen molar-refractivity contribution in [3.63, 3.8) is 0 Å². The summed E-state index contributed by atoms with van der Waals surface area (Å²) in [5, 5.41) is 3.38. The molecule has 0 radical (unpaired) electrons. The van der Waals surface area contributed by atoms with E-state index in [9.17, 15) is 4.39 Å². The predicted octanol–water partition coefficient (Wildman–Crippen LogP) is 4.97. The normalized spacial score (nSPS) is 10.6. The summed E-state index contributed by atoms with van der Waals surface area (Å²) < 4.78 is 14.0. The van der Waals surface area contributed by atoms with Crippen molar-refractivity contribution >= 4 is 28.3 Å². The summed E-state index contributed by atoms with van der Waals surface area (Å²) in [7, 11) is 0. The molecule has 2 aromatic carbocycles.